The smallest absolute Gasteiger partial charge is 0.232 e. The van der Waals surface area contributed by atoms with Crippen molar-refractivity contribution in [1.29, 1.82) is 0 Å². The van der Waals surface area contributed by atoms with Crippen LogP contribution >= 0.6 is 22.7 Å². The Labute approximate surface area is 134 Å². The Kier molecular flexibility index (Phi) is 3.19. The average Bonchev–Trinajstić information content (AvgIpc) is 2.90. The molecule has 1 amide bonds. The number of fused-ring (bicyclic) bond motifs is 1. The number of alkyl halides is 1. The van der Waals surface area contributed by atoms with Gasteiger partial charge in [0.2, 0.25) is 5.91 Å². The van der Waals surface area contributed by atoms with Crippen molar-refractivity contribution in [3.63, 3.8) is 0 Å². The maximum Gasteiger partial charge on any atom is 0.232 e. The van der Waals surface area contributed by atoms with Crippen LogP contribution in [0, 0.1) is 12.8 Å². The van der Waals surface area contributed by atoms with Gasteiger partial charge in [0.25, 0.3) is 0 Å². The molecule has 2 aromatic heterocycles. The van der Waals surface area contributed by atoms with E-state index in [1.807, 2.05) is 30.6 Å². The average molecular weight is 333 g/mol. The van der Waals surface area contributed by atoms with Crippen LogP contribution in [0.1, 0.15) is 11.3 Å². The number of hydrogen-bond donors (Lipinski definition) is 1. The number of aromatic nitrogens is 2. The number of carbonyl (C=O) groups excluding carboxylic acids is 1. The number of aryl methyl sites for hydroxylation is 1. The highest BCUT2D eigenvalue weighted by Crippen LogP contribution is 2.36. The summed E-state index contributed by atoms with van der Waals surface area (Å²) in [6.07, 6.45) is -0.669. The summed E-state index contributed by atoms with van der Waals surface area (Å²) >= 11 is 3.01. The van der Waals surface area contributed by atoms with Gasteiger partial charge in [0.1, 0.15) is 6.17 Å². The van der Waals surface area contributed by atoms with Crippen molar-refractivity contribution in [2.45, 2.75) is 19.5 Å². The number of nitrogens with zero attached hydrogens (tertiary/aromatic N) is 2. The maximum absolute atomic E-state index is 12.9. The van der Waals surface area contributed by atoms with Crippen LogP contribution in [0.3, 0.4) is 0 Å². The van der Waals surface area contributed by atoms with Crippen LogP contribution in [0.2, 0.25) is 0 Å². The van der Waals surface area contributed by atoms with E-state index in [9.17, 15) is 9.18 Å². The first kappa shape index (κ1) is 13.8. The second-order valence-corrected chi connectivity index (χ2v) is 7.40. The van der Waals surface area contributed by atoms with Crippen LogP contribution in [0.5, 0.6) is 0 Å². The second kappa shape index (κ2) is 5.10. The topological polar surface area (TPSA) is 54.9 Å². The lowest BCUT2D eigenvalue weighted by Crippen LogP contribution is -2.14. The molecule has 0 aliphatic heterocycles. The zero-order valence-electron chi connectivity index (χ0n) is 11.7. The first-order valence-electron chi connectivity index (χ1n) is 6.88. The highest BCUT2D eigenvalue weighted by Gasteiger charge is 2.43. The molecule has 1 N–H and O–H groups in total. The number of amides is 1. The molecule has 1 unspecified atom stereocenters. The Morgan fingerprint density at radius 2 is 2.27 bits per heavy atom. The van der Waals surface area contributed by atoms with E-state index in [0.717, 1.165) is 21.5 Å². The molecule has 2 heterocycles. The summed E-state index contributed by atoms with van der Waals surface area (Å²) < 4.78 is 13.9. The van der Waals surface area contributed by atoms with E-state index < -0.39 is 12.1 Å². The zero-order chi connectivity index (χ0) is 15.3. The molecule has 112 valence electrons. The summed E-state index contributed by atoms with van der Waals surface area (Å²) in [5, 5.41) is 3.22. The molecule has 1 aliphatic rings. The lowest BCUT2D eigenvalue weighted by molar-refractivity contribution is -0.117. The van der Waals surface area contributed by atoms with Crippen molar-refractivity contribution in [3.8, 4) is 11.3 Å². The first-order valence-corrected chi connectivity index (χ1v) is 8.57. The van der Waals surface area contributed by atoms with Crippen LogP contribution in [-0.2, 0) is 4.79 Å². The molecule has 1 aliphatic carbocycles. The molecule has 22 heavy (non-hydrogen) atoms. The largest absolute Gasteiger partial charge is 0.302 e. The van der Waals surface area contributed by atoms with Gasteiger partial charge in [-0.3, -0.25) is 4.79 Å². The third-order valence-electron chi connectivity index (χ3n) is 3.69. The number of carbonyl (C=O) groups is 1. The monoisotopic (exact) mass is 333 g/mol. The first-order chi connectivity index (χ1) is 10.6. The van der Waals surface area contributed by atoms with Gasteiger partial charge in [-0.1, -0.05) is 17.4 Å². The number of hydrogen-bond acceptors (Lipinski definition) is 5. The van der Waals surface area contributed by atoms with Gasteiger partial charge < -0.3 is 5.32 Å². The van der Waals surface area contributed by atoms with Crippen molar-refractivity contribution in [2.24, 2.45) is 5.92 Å². The summed E-state index contributed by atoms with van der Waals surface area (Å²) in [5.74, 6) is -0.776. The van der Waals surface area contributed by atoms with E-state index in [-0.39, 0.29) is 5.91 Å². The van der Waals surface area contributed by atoms with Gasteiger partial charge in [-0.05, 0) is 25.5 Å². The Bertz CT molecular complexity index is 873. The fourth-order valence-corrected chi connectivity index (χ4v) is 3.85. The summed E-state index contributed by atoms with van der Waals surface area (Å²) in [5.41, 5.74) is 4.67. The third-order valence-corrected chi connectivity index (χ3v) is 5.38. The minimum Gasteiger partial charge on any atom is -0.302 e. The fourth-order valence-electron chi connectivity index (χ4n) is 2.34. The molecule has 0 bridgehead atoms. The summed E-state index contributed by atoms with van der Waals surface area (Å²) in [6.45, 7) is 2.04. The van der Waals surface area contributed by atoms with Gasteiger partial charge in [0.05, 0.1) is 27.3 Å². The minimum atomic E-state index is -0.992. The second-order valence-electron chi connectivity index (χ2n) is 5.31. The van der Waals surface area contributed by atoms with E-state index in [4.69, 9.17) is 0 Å². The predicted molar refractivity (Wildman–Crippen MR) is 87.1 cm³/mol. The summed E-state index contributed by atoms with van der Waals surface area (Å²) in [6, 6.07) is 5.93. The standard InChI is InChI=1S/C15H12FN3OS2/c1-7-13(17-6-21-7)8-2-3-11-12(4-8)22-15(18-11)19-14(20)9-5-10(9)16/h2-4,6,9-10H,5H2,1H3,(H,18,19,20)/t9-,10?/m1/s1. The Morgan fingerprint density at radius 3 is 2.95 bits per heavy atom. The Morgan fingerprint density at radius 1 is 1.45 bits per heavy atom. The predicted octanol–water partition coefficient (Wildman–Crippen LogP) is 4.02. The third kappa shape index (κ3) is 2.40. The molecule has 7 heteroatoms. The van der Waals surface area contributed by atoms with Gasteiger partial charge in [0.15, 0.2) is 5.13 Å². The van der Waals surface area contributed by atoms with E-state index in [1.165, 1.54) is 16.2 Å². The SMILES string of the molecule is Cc1scnc1-c1ccc2nc(NC(=O)[C@@H]3CC3F)sc2c1. The van der Waals surface area contributed by atoms with Crippen LogP contribution in [0.4, 0.5) is 9.52 Å². The molecule has 0 spiro atoms. The Balaban J connectivity index is 1.63. The summed E-state index contributed by atoms with van der Waals surface area (Å²) in [7, 11) is 0. The molecule has 1 fully saturated rings. The Hall–Kier alpha value is -1.86. The lowest BCUT2D eigenvalue weighted by atomic mass is 10.1. The number of halogens is 1. The molecule has 0 radical (unpaired) electrons. The number of thiazole rings is 2. The fraction of sp³-hybridized carbons (Fsp3) is 0.267. The molecule has 4 rings (SSSR count). The van der Waals surface area contributed by atoms with Crippen LogP contribution in [0.15, 0.2) is 23.7 Å². The highest BCUT2D eigenvalue weighted by molar-refractivity contribution is 7.22. The van der Waals surface area contributed by atoms with Gasteiger partial charge in [-0.25, -0.2) is 14.4 Å². The highest BCUT2D eigenvalue weighted by atomic mass is 32.1. The van der Waals surface area contributed by atoms with Gasteiger partial charge in [-0.15, -0.1) is 11.3 Å². The van der Waals surface area contributed by atoms with Crippen molar-refractivity contribution in [1.82, 2.24) is 9.97 Å². The number of benzene rings is 1. The van der Waals surface area contributed by atoms with Gasteiger partial charge in [0, 0.05) is 10.4 Å². The van der Waals surface area contributed by atoms with Crippen LogP contribution < -0.4 is 5.32 Å². The van der Waals surface area contributed by atoms with Crippen molar-refractivity contribution in [3.05, 3.63) is 28.6 Å². The minimum absolute atomic E-state index is 0.276. The maximum atomic E-state index is 12.9. The van der Waals surface area contributed by atoms with E-state index in [0.29, 0.717) is 11.6 Å². The molecule has 0 saturated heterocycles. The van der Waals surface area contributed by atoms with E-state index >= 15 is 0 Å². The quantitative estimate of drug-likeness (QED) is 0.787. The van der Waals surface area contributed by atoms with Crippen LogP contribution in [0.25, 0.3) is 21.5 Å². The number of anilines is 1. The van der Waals surface area contributed by atoms with Gasteiger partial charge in [-0.2, -0.15) is 0 Å². The van der Waals surface area contributed by atoms with Crippen LogP contribution in [-0.4, -0.2) is 22.0 Å². The molecule has 3 aromatic rings. The van der Waals surface area contributed by atoms with E-state index in [2.05, 4.69) is 15.3 Å². The van der Waals surface area contributed by atoms with Crippen molar-refractivity contribution >= 4 is 43.9 Å². The van der Waals surface area contributed by atoms with Crippen molar-refractivity contribution < 1.29 is 9.18 Å². The molecule has 2 atom stereocenters. The number of nitrogens with one attached hydrogen (secondary N) is 1. The lowest BCUT2D eigenvalue weighted by Gasteiger charge is -1.98. The zero-order valence-corrected chi connectivity index (χ0v) is 13.3. The van der Waals surface area contributed by atoms with Crippen molar-refractivity contribution in [2.75, 3.05) is 5.32 Å². The normalized spacial score (nSPS) is 20.3. The number of rotatable bonds is 3. The molecular formula is C15H12FN3OS2. The molecular weight excluding hydrogens is 321 g/mol. The van der Waals surface area contributed by atoms with Gasteiger partial charge >= 0.3 is 0 Å². The summed E-state index contributed by atoms with van der Waals surface area (Å²) in [4.78, 5) is 21.7. The van der Waals surface area contributed by atoms with E-state index in [1.54, 1.807) is 11.3 Å². The molecule has 1 aromatic carbocycles. The molecule has 1 saturated carbocycles. The molecule has 4 nitrogen and oxygen atoms in total.